The zero-order valence-corrected chi connectivity index (χ0v) is 24.8. The summed E-state index contributed by atoms with van der Waals surface area (Å²) in [6.45, 7) is 12.7. The number of fused-ring (bicyclic) bond motifs is 2. The molecule has 226 valence electrons. The maximum absolute atomic E-state index is 16.0. The molecule has 3 atom stereocenters. The molecule has 0 bridgehead atoms. The smallest absolute Gasteiger partial charge is 0.319 e. The highest BCUT2D eigenvalue weighted by Gasteiger charge is 2.34. The zero-order valence-electron chi connectivity index (χ0n) is 24.1. The molecule has 2 aromatic carbocycles. The van der Waals surface area contributed by atoms with E-state index in [2.05, 4.69) is 21.4 Å². The van der Waals surface area contributed by atoms with Crippen LogP contribution in [0.15, 0.2) is 55.4 Å². The first kappa shape index (κ1) is 29.7. The SMILES string of the molecule is [C-]#[N+]C[C@H]1CN(c2nc(OC[C@@H]3C[C@@H](F)CN3C)nc3cc(-c4cncc5cccc(Cl)c45)c(F)cc23)CCN1C(=O)C=C. The molecule has 1 amide bonds. The van der Waals surface area contributed by atoms with Crippen molar-refractivity contribution >= 4 is 45.0 Å². The van der Waals surface area contributed by atoms with Gasteiger partial charge in [0.05, 0.1) is 5.52 Å². The highest BCUT2D eigenvalue weighted by molar-refractivity contribution is 6.36. The number of carbonyl (C=O) groups excluding carboxylic acids is 1. The molecule has 44 heavy (non-hydrogen) atoms. The number of likely N-dealkylation sites (N-methyl/N-ethyl adjacent to an activating group) is 1. The van der Waals surface area contributed by atoms with Gasteiger partial charge in [0.1, 0.15) is 30.5 Å². The zero-order chi connectivity index (χ0) is 31.0. The van der Waals surface area contributed by atoms with E-state index in [1.807, 2.05) is 29.0 Å². The number of aromatic nitrogens is 3. The second kappa shape index (κ2) is 12.3. The number of piperazine rings is 1. The number of benzene rings is 2. The normalized spacial score (nSPS) is 20.7. The number of alkyl halides is 1. The molecule has 2 aliphatic rings. The van der Waals surface area contributed by atoms with Crippen LogP contribution in [0.25, 0.3) is 37.6 Å². The van der Waals surface area contributed by atoms with E-state index < -0.39 is 18.0 Å². The average molecular weight is 618 g/mol. The third-order valence-corrected chi connectivity index (χ3v) is 8.67. The topological polar surface area (TPSA) is 79.1 Å². The first-order valence-corrected chi connectivity index (χ1v) is 14.7. The Labute approximate surface area is 258 Å². The van der Waals surface area contributed by atoms with Crippen molar-refractivity contribution in [2.75, 3.05) is 51.3 Å². The van der Waals surface area contributed by atoms with Crippen LogP contribution < -0.4 is 9.64 Å². The van der Waals surface area contributed by atoms with Crippen molar-refractivity contribution in [3.8, 4) is 17.1 Å². The Morgan fingerprint density at radius 2 is 2.05 bits per heavy atom. The molecule has 0 saturated carbocycles. The Morgan fingerprint density at radius 3 is 2.80 bits per heavy atom. The fourth-order valence-corrected chi connectivity index (χ4v) is 6.40. The van der Waals surface area contributed by atoms with Crippen LogP contribution in [0.3, 0.4) is 0 Å². The number of carbonyl (C=O) groups is 1. The lowest BCUT2D eigenvalue weighted by Gasteiger charge is -2.39. The van der Waals surface area contributed by atoms with Crippen LogP contribution >= 0.6 is 11.6 Å². The first-order valence-electron chi connectivity index (χ1n) is 14.3. The molecule has 0 N–H and O–H groups in total. The van der Waals surface area contributed by atoms with E-state index in [9.17, 15) is 9.18 Å². The van der Waals surface area contributed by atoms with Crippen LogP contribution in [0, 0.1) is 12.4 Å². The molecule has 4 heterocycles. The summed E-state index contributed by atoms with van der Waals surface area (Å²) in [6.07, 6.45) is 3.91. The number of halogens is 3. The van der Waals surface area contributed by atoms with Gasteiger partial charge in [-0.15, -0.1) is 0 Å². The maximum atomic E-state index is 16.0. The Hall–Kier alpha value is -4.40. The quantitative estimate of drug-likeness (QED) is 0.209. The molecule has 2 saturated heterocycles. The van der Waals surface area contributed by atoms with E-state index >= 15 is 4.39 Å². The predicted molar refractivity (Wildman–Crippen MR) is 166 cm³/mol. The van der Waals surface area contributed by atoms with E-state index in [1.54, 1.807) is 29.4 Å². The molecule has 0 radical (unpaired) electrons. The van der Waals surface area contributed by atoms with Crippen LogP contribution in [-0.4, -0.2) is 95.3 Å². The van der Waals surface area contributed by atoms with Crippen LogP contribution in [0.2, 0.25) is 5.02 Å². The van der Waals surface area contributed by atoms with Crippen molar-refractivity contribution in [2.24, 2.45) is 0 Å². The molecular weight excluding hydrogens is 588 g/mol. The van der Waals surface area contributed by atoms with Gasteiger partial charge in [-0.3, -0.25) is 14.7 Å². The summed E-state index contributed by atoms with van der Waals surface area (Å²) in [5.41, 5.74) is 1.22. The molecular formula is C32H30ClF2N7O2. The molecule has 0 aliphatic carbocycles. The fraction of sp³-hybridized carbons (Fsp3) is 0.344. The summed E-state index contributed by atoms with van der Waals surface area (Å²) in [5, 5.41) is 2.36. The van der Waals surface area contributed by atoms with Crippen molar-refractivity contribution < 1.29 is 18.3 Å². The number of likely N-dealkylation sites (tertiary alicyclic amines) is 1. The van der Waals surface area contributed by atoms with E-state index in [1.165, 1.54) is 12.1 Å². The summed E-state index contributed by atoms with van der Waals surface area (Å²) in [4.78, 5) is 35.2. The van der Waals surface area contributed by atoms with Gasteiger partial charge in [0, 0.05) is 76.9 Å². The second-order valence-electron chi connectivity index (χ2n) is 11.1. The summed E-state index contributed by atoms with van der Waals surface area (Å²) in [5.74, 6) is -0.335. The fourth-order valence-electron chi connectivity index (χ4n) is 6.11. The van der Waals surface area contributed by atoms with Crippen molar-refractivity contribution in [1.29, 1.82) is 0 Å². The summed E-state index contributed by atoms with van der Waals surface area (Å²) >= 11 is 6.56. The molecule has 12 heteroatoms. The van der Waals surface area contributed by atoms with Gasteiger partial charge < -0.3 is 19.4 Å². The van der Waals surface area contributed by atoms with Crippen molar-refractivity contribution in [3.05, 3.63) is 77.6 Å². The Balaban J connectivity index is 1.45. The van der Waals surface area contributed by atoms with Gasteiger partial charge in [-0.05, 0) is 37.7 Å². The monoisotopic (exact) mass is 617 g/mol. The second-order valence-corrected chi connectivity index (χ2v) is 11.5. The third kappa shape index (κ3) is 5.63. The molecule has 0 spiro atoms. The maximum Gasteiger partial charge on any atom is 0.319 e. The van der Waals surface area contributed by atoms with E-state index in [-0.39, 0.29) is 36.7 Å². The molecule has 2 fully saturated rings. The van der Waals surface area contributed by atoms with E-state index in [0.717, 1.165) is 5.39 Å². The van der Waals surface area contributed by atoms with Crippen molar-refractivity contribution in [2.45, 2.75) is 24.7 Å². The van der Waals surface area contributed by atoms with Crippen molar-refractivity contribution in [3.63, 3.8) is 0 Å². The average Bonchev–Trinajstić information content (AvgIpc) is 3.35. The molecule has 2 aromatic heterocycles. The number of nitrogens with zero attached hydrogens (tertiary/aromatic N) is 7. The van der Waals surface area contributed by atoms with Gasteiger partial charge in [0.25, 0.3) is 0 Å². The molecule has 4 aromatic rings. The van der Waals surface area contributed by atoms with E-state index in [4.69, 9.17) is 27.9 Å². The van der Waals surface area contributed by atoms with Gasteiger partial charge in [-0.1, -0.05) is 30.3 Å². The number of rotatable bonds is 7. The Kier molecular flexibility index (Phi) is 8.29. The number of hydrogen-bond donors (Lipinski definition) is 0. The summed E-state index contributed by atoms with van der Waals surface area (Å²) < 4.78 is 36.1. The summed E-state index contributed by atoms with van der Waals surface area (Å²) in [6, 6.07) is 7.96. The molecule has 2 aliphatic heterocycles. The van der Waals surface area contributed by atoms with Gasteiger partial charge in [0.15, 0.2) is 0 Å². The number of anilines is 1. The molecule has 6 rings (SSSR count). The molecule has 0 unspecified atom stereocenters. The lowest BCUT2D eigenvalue weighted by molar-refractivity contribution is -0.128. The van der Waals surface area contributed by atoms with Crippen LogP contribution in [0.4, 0.5) is 14.6 Å². The minimum Gasteiger partial charge on any atom is -0.462 e. The first-order chi connectivity index (χ1) is 21.3. The van der Waals surface area contributed by atoms with E-state index in [0.29, 0.717) is 65.3 Å². The minimum absolute atomic E-state index is 0.0705. The number of amides is 1. The van der Waals surface area contributed by atoms with Gasteiger partial charge in [0.2, 0.25) is 12.5 Å². The number of ether oxygens (including phenoxy) is 1. The van der Waals surface area contributed by atoms with Gasteiger partial charge >= 0.3 is 6.01 Å². The number of hydrogen-bond acceptors (Lipinski definition) is 7. The lowest BCUT2D eigenvalue weighted by Crippen LogP contribution is -2.56. The highest BCUT2D eigenvalue weighted by Crippen LogP contribution is 2.38. The van der Waals surface area contributed by atoms with Crippen LogP contribution in [0.1, 0.15) is 6.42 Å². The van der Waals surface area contributed by atoms with Crippen molar-refractivity contribution in [1.82, 2.24) is 24.8 Å². The predicted octanol–water partition coefficient (Wildman–Crippen LogP) is 5.18. The summed E-state index contributed by atoms with van der Waals surface area (Å²) in [7, 11) is 1.85. The Bertz CT molecular complexity index is 1790. The van der Waals surface area contributed by atoms with Gasteiger partial charge in [-0.25, -0.2) is 15.4 Å². The lowest BCUT2D eigenvalue weighted by atomic mass is 9.99. The Morgan fingerprint density at radius 1 is 1.20 bits per heavy atom. The third-order valence-electron chi connectivity index (χ3n) is 8.35. The largest absolute Gasteiger partial charge is 0.462 e. The van der Waals surface area contributed by atoms with Crippen LogP contribution in [-0.2, 0) is 4.79 Å². The van der Waals surface area contributed by atoms with Gasteiger partial charge in [-0.2, -0.15) is 9.97 Å². The van der Waals surface area contributed by atoms with Crippen LogP contribution in [0.5, 0.6) is 6.01 Å². The number of pyridine rings is 1. The highest BCUT2D eigenvalue weighted by atomic mass is 35.5. The standard InChI is InChI=1S/C32H30ClF2N7O2/c1-4-29(43)42-9-8-41(17-22(42)14-36-2)31-24-11-27(35)23(25-15-37-13-19-6-5-7-26(33)30(19)25)12-28(24)38-32(39-31)44-18-21-10-20(34)16-40(21)3/h4-7,11-13,15,20-22H,1,8-10,14,16-18H2,3H3/t20-,21+,22+/m1/s1. The minimum atomic E-state index is -0.928. The molecule has 9 nitrogen and oxygen atoms in total.